The van der Waals surface area contributed by atoms with Crippen LogP contribution in [0.1, 0.15) is 18.5 Å². The van der Waals surface area contributed by atoms with Crippen molar-refractivity contribution in [2.75, 3.05) is 0 Å². The fraction of sp³-hybridized carbons (Fsp3) is 0.333. The fourth-order valence-electron chi connectivity index (χ4n) is 1.02. The van der Waals surface area contributed by atoms with Crippen LogP contribution in [0.4, 0.5) is 0 Å². The molecule has 0 atom stereocenters. The van der Waals surface area contributed by atoms with Gasteiger partial charge in [0.25, 0.3) is 0 Å². The number of carbonyl (C=O) groups is 2. The molecule has 0 spiro atoms. The van der Waals surface area contributed by atoms with E-state index in [2.05, 4.69) is 4.98 Å². The number of carboxylic acid groups (broad SMARTS) is 1. The summed E-state index contributed by atoms with van der Waals surface area (Å²) in [6, 6.07) is 3.61. The highest BCUT2D eigenvalue weighted by molar-refractivity contribution is 5.83. The molecule has 0 saturated carbocycles. The molecule has 1 heterocycles. The first-order valence-electron chi connectivity index (χ1n) is 4.04. The maximum Gasteiger partial charge on any atom is 0.303 e. The third kappa shape index (κ3) is 3.55. The molecule has 1 aromatic rings. The van der Waals surface area contributed by atoms with Gasteiger partial charge in [0.2, 0.25) is 0 Å². The molecule has 0 aliphatic carbocycles. The first-order chi connectivity index (χ1) is 6.18. The number of aromatic amines is 1. The second-order valence-corrected chi connectivity index (χ2v) is 2.80. The molecule has 0 fully saturated rings. The lowest BCUT2D eigenvalue weighted by atomic mass is 10.1. The van der Waals surface area contributed by atoms with Crippen LogP contribution >= 0.6 is 0 Å². The first kappa shape index (κ1) is 9.51. The lowest BCUT2D eigenvalue weighted by Gasteiger charge is -1.95. The van der Waals surface area contributed by atoms with Crippen LogP contribution in [0.2, 0.25) is 0 Å². The van der Waals surface area contributed by atoms with Crippen molar-refractivity contribution in [3.05, 3.63) is 24.0 Å². The first-order valence-corrected chi connectivity index (χ1v) is 4.04. The SMILES string of the molecule is O=C(O)CCC(=O)Cc1ccc[nH]1. The topological polar surface area (TPSA) is 70.2 Å². The van der Waals surface area contributed by atoms with Crippen molar-refractivity contribution in [1.29, 1.82) is 0 Å². The Morgan fingerprint density at radius 2 is 2.15 bits per heavy atom. The van der Waals surface area contributed by atoms with E-state index in [4.69, 9.17) is 5.11 Å². The molecule has 70 valence electrons. The quantitative estimate of drug-likeness (QED) is 0.711. The van der Waals surface area contributed by atoms with E-state index in [0.29, 0.717) is 6.42 Å². The lowest BCUT2D eigenvalue weighted by molar-refractivity contribution is -0.138. The molecule has 2 N–H and O–H groups in total. The van der Waals surface area contributed by atoms with Crippen molar-refractivity contribution < 1.29 is 14.7 Å². The number of rotatable bonds is 5. The second kappa shape index (κ2) is 4.45. The zero-order valence-electron chi connectivity index (χ0n) is 7.12. The highest BCUT2D eigenvalue weighted by Crippen LogP contribution is 2.00. The van der Waals surface area contributed by atoms with Crippen LogP contribution in [0.15, 0.2) is 18.3 Å². The summed E-state index contributed by atoms with van der Waals surface area (Å²) in [5.41, 5.74) is 0.829. The number of carboxylic acids is 1. The molecule has 0 bridgehead atoms. The standard InChI is InChI=1S/C9H11NO3/c11-8(3-4-9(12)13)6-7-2-1-5-10-7/h1-2,5,10H,3-4,6H2,(H,12,13). The number of aromatic nitrogens is 1. The van der Waals surface area contributed by atoms with Gasteiger partial charge in [-0.1, -0.05) is 0 Å². The zero-order valence-corrected chi connectivity index (χ0v) is 7.12. The highest BCUT2D eigenvalue weighted by Gasteiger charge is 2.06. The number of hydrogen-bond acceptors (Lipinski definition) is 2. The normalized spacial score (nSPS) is 9.85. The minimum atomic E-state index is -0.931. The number of nitrogens with one attached hydrogen (secondary N) is 1. The summed E-state index contributed by atoms with van der Waals surface area (Å²) in [5, 5.41) is 8.33. The van der Waals surface area contributed by atoms with Crippen molar-refractivity contribution in [3.8, 4) is 0 Å². The van der Waals surface area contributed by atoms with E-state index in [1.54, 1.807) is 18.3 Å². The van der Waals surface area contributed by atoms with E-state index in [1.807, 2.05) is 0 Å². The highest BCUT2D eigenvalue weighted by atomic mass is 16.4. The largest absolute Gasteiger partial charge is 0.481 e. The maximum absolute atomic E-state index is 11.1. The number of Topliss-reactive ketones (excluding diaryl/α,β-unsaturated/α-hetero) is 1. The van der Waals surface area contributed by atoms with Crippen LogP contribution in [0, 0.1) is 0 Å². The average Bonchev–Trinajstić information content (AvgIpc) is 2.53. The predicted octanol–water partition coefficient (Wildman–Crippen LogP) is 0.991. The van der Waals surface area contributed by atoms with Crippen molar-refractivity contribution >= 4 is 11.8 Å². The van der Waals surface area contributed by atoms with Crippen molar-refractivity contribution in [3.63, 3.8) is 0 Å². The number of aliphatic carboxylic acids is 1. The number of hydrogen-bond donors (Lipinski definition) is 2. The Hall–Kier alpha value is -1.58. The smallest absolute Gasteiger partial charge is 0.303 e. The Bertz CT molecular complexity index is 290. The number of ketones is 1. The monoisotopic (exact) mass is 181 g/mol. The average molecular weight is 181 g/mol. The second-order valence-electron chi connectivity index (χ2n) is 2.80. The van der Waals surface area contributed by atoms with Gasteiger partial charge in [-0.15, -0.1) is 0 Å². The summed E-state index contributed by atoms with van der Waals surface area (Å²) in [7, 11) is 0. The van der Waals surface area contributed by atoms with Crippen molar-refractivity contribution in [1.82, 2.24) is 4.98 Å². The molecule has 0 radical (unpaired) electrons. The Kier molecular flexibility index (Phi) is 3.25. The van der Waals surface area contributed by atoms with Gasteiger partial charge >= 0.3 is 5.97 Å². The van der Waals surface area contributed by atoms with Gasteiger partial charge < -0.3 is 10.1 Å². The molecule has 1 aromatic heterocycles. The van der Waals surface area contributed by atoms with Gasteiger partial charge in [-0.3, -0.25) is 9.59 Å². The van der Waals surface area contributed by atoms with Crippen molar-refractivity contribution in [2.45, 2.75) is 19.3 Å². The van der Waals surface area contributed by atoms with E-state index in [1.165, 1.54) is 0 Å². The summed E-state index contributed by atoms with van der Waals surface area (Å²) < 4.78 is 0. The van der Waals surface area contributed by atoms with Crippen LogP contribution in [0.3, 0.4) is 0 Å². The Balaban J connectivity index is 2.30. The Labute approximate surface area is 75.6 Å². The van der Waals surface area contributed by atoms with Crippen LogP contribution in [-0.4, -0.2) is 21.8 Å². The maximum atomic E-state index is 11.1. The van der Waals surface area contributed by atoms with E-state index in [0.717, 1.165) is 5.69 Å². The Morgan fingerprint density at radius 3 is 2.69 bits per heavy atom. The van der Waals surface area contributed by atoms with Crippen LogP contribution in [0.25, 0.3) is 0 Å². The molecule has 0 aliphatic rings. The van der Waals surface area contributed by atoms with E-state index < -0.39 is 5.97 Å². The van der Waals surface area contributed by atoms with Gasteiger partial charge in [0, 0.05) is 24.7 Å². The van der Waals surface area contributed by atoms with Crippen molar-refractivity contribution in [2.24, 2.45) is 0 Å². The molecule has 1 rings (SSSR count). The van der Waals surface area contributed by atoms with Gasteiger partial charge in [0.15, 0.2) is 0 Å². The van der Waals surface area contributed by atoms with Gasteiger partial charge in [-0.05, 0) is 12.1 Å². The molecule has 0 amide bonds. The van der Waals surface area contributed by atoms with Crippen LogP contribution in [-0.2, 0) is 16.0 Å². The van der Waals surface area contributed by atoms with Gasteiger partial charge in [-0.25, -0.2) is 0 Å². The molecule has 0 aromatic carbocycles. The van der Waals surface area contributed by atoms with Crippen LogP contribution < -0.4 is 0 Å². The minimum absolute atomic E-state index is 0.0511. The fourth-order valence-corrected chi connectivity index (χ4v) is 1.02. The Morgan fingerprint density at radius 1 is 1.38 bits per heavy atom. The number of carbonyl (C=O) groups excluding carboxylic acids is 1. The van der Waals surface area contributed by atoms with Gasteiger partial charge in [0.05, 0.1) is 6.42 Å². The molecule has 0 saturated heterocycles. The zero-order chi connectivity index (χ0) is 9.68. The molecule has 4 heteroatoms. The van der Waals surface area contributed by atoms with Gasteiger partial charge in [-0.2, -0.15) is 0 Å². The van der Waals surface area contributed by atoms with Gasteiger partial charge in [0.1, 0.15) is 5.78 Å². The van der Waals surface area contributed by atoms with E-state index >= 15 is 0 Å². The summed E-state index contributed by atoms with van der Waals surface area (Å²) in [6.45, 7) is 0. The third-order valence-corrected chi connectivity index (χ3v) is 1.67. The summed E-state index contributed by atoms with van der Waals surface area (Å²) >= 11 is 0. The third-order valence-electron chi connectivity index (χ3n) is 1.67. The number of H-pyrrole nitrogens is 1. The lowest BCUT2D eigenvalue weighted by Crippen LogP contribution is -2.06. The molecular weight excluding hydrogens is 170 g/mol. The molecule has 0 aliphatic heterocycles. The summed E-state index contributed by atoms with van der Waals surface area (Å²) in [4.78, 5) is 24.2. The minimum Gasteiger partial charge on any atom is -0.481 e. The van der Waals surface area contributed by atoms with E-state index in [-0.39, 0.29) is 18.6 Å². The van der Waals surface area contributed by atoms with E-state index in [9.17, 15) is 9.59 Å². The summed E-state index contributed by atoms with van der Waals surface area (Å²) in [5.74, 6) is -0.982. The predicted molar refractivity (Wildman–Crippen MR) is 46.4 cm³/mol. The molecule has 0 unspecified atom stereocenters. The summed E-state index contributed by atoms with van der Waals surface area (Å²) in [6.07, 6.45) is 2.05. The molecule has 13 heavy (non-hydrogen) atoms. The molecular formula is C9H11NO3. The van der Waals surface area contributed by atoms with Crippen LogP contribution in [0.5, 0.6) is 0 Å². The molecule has 4 nitrogen and oxygen atoms in total.